The number of nitrogens with one attached hydrogen (secondary N) is 2. The first-order valence-corrected chi connectivity index (χ1v) is 25.3. The van der Waals surface area contributed by atoms with E-state index in [1.165, 1.54) is 116 Å². The molecule has 2 N–H and O–H groups in total. The maximum absolute atomic E-state index is 6.57. The summed E-state index contributed by atoms with van der Waals surface area (Å²) in [5, 5.41) is 7.36. The Bertz CT molecular complexity index is 1650. The lowest BCUT2D eigenvalue weighted by atomic mass is 10.1. The van der Waals surface area contributed by atoms with Crippen molar-refractivity contribution in [3.63, 3.8) is 0 Å². The lowest BCUT2D eigenvalue weighted by Gasteiger charge is -2.36. The third kappa shape index (κ3) is 14.4. The van der Waals surface area contributed by atoms with Gasteiger partial charge in [0, 0.05) is 91.6 Å². The summed E-state index contributed by atoms with van der Waals surface area (Å²) in [5.41, 5.74) is 0. The van der Waals surface area contributed by atoms with Gasteiger partial charge in [0.25, 0.3) is 0 Å². The lowest BCUT2D eigenvalue weighted by molar-refractivity contribution is 0.559. The van der Waals surface area contributed by atoms with Crippen LogP contribution in [0.4, 0.5) is 47.6 Å². The van der Waals surface area contributed by atoms with E-state index in [0.717, 1.165) is 78.3 Å². The van der Waals surface area contributed by atoms with E-state index in [0.29, 0.717) is 73.8 Å². The molecule has 3 fully saturated rings. The summed E-state index contributed by atoms with van der Waals surface area (Å²) in [6.07, 6.45) is 26.1. The third-order valence-corrected chi connectivity index (χ3v) is 13.1. The monoisotopic (exact) mass is 890 g/mol. The van der Waals surface area contributed by atoms with Gasteiger partial charge in [0.15, 0.2) is 0 Å². The highest BCUT2D eigenvalue weighted by molar-refractivity contribution is 6.28. The SMILES string of the molecule is CCCCCCCCCCCCNc1nc2nc(n1)N1CCN(CC1)c1nc(NCCCCCCCCCCCC)nc(n1)N1CCN(CC1)c1nc(Cl)nc(n1)N1CCN2CC1. The fourth-order valence-corrected chi connectivity index (χ4v) is 9.14. The van der Waals surface area contributed by atoms with Crippen molar-refractivity contribution in [3.05, 3.63) is 5.28 Å². The Kier molecular flexibility index (Phi) is 18.7. The zero-order chi connectivity index (χ0) is 43.5. The van der Waals surface area contributed by atoms with E-state index in [1.807, 2.05) is 0 Å². The molecule has 63 heavy (non-hydrogen) atoms. The topological polar surface area (TPSA) is 160 Å². The summed E-state index contributed by atoms with van der Waals surface area (Å²) in [6.45, 7) is 15.0. The van der Waals surface area contributed by atoms with Gasteiger partial charge in [-0.15, -0.1) is 0 Å². The molecule has 0 aromatic carbocycles. The van der Waals surface area contributed by atoms with Crippen LogP contribution in [-0.4, -0.2) is 136 Å². The molecule has 0 atom stereocenters. The smallest absolute Gasteiger partial charge is 0.232 e. The molecule has 0 spiro atoms. The summed E-state index contributed by atoms with van der Waals surface area (Å²) < 4.78 is 0. The molecule has 7 aliphatic rings. The van der Waals surface area contributed by atoms with Gasteiger partial charge in [-0.1, -0.05) is 129 Å². The number of hydrogen-bond donors (Lipinski definition) is 2. The Hall–Kier alpha value is -4.28. The van der Waals surface area contributed by atoms with Crippen molar-refractivity contribution in [2.75, 3.05) is 132 Å². The number of fused-ring (bicyclic) bond motifs is 3. The minimum Gasteiger partial charge on any atom is -0.354 e. The van der Waals surface area contributed by atoms with E-state index >= 15 is 0 Å². The predicted octanol–water partition coefficient (Wildman–Crippen LogP) is 7.85. The van der Waals surface area contributed by atoms with Crippen LogP contribution in [-0.2, 0) is 0 Å². The highest BCUT2D eigenvalue weighted by Crippen LogP contribution is 2.26. The van der Waals surface area contributed by atoms with Crippen LogP contribution in [0.15, 0.2) is 0 Å². The van der Waals surface area contributed by atoms with Crippen molar-refractivity contribution in [1.29, 1.82) is 0 Å². The number of aromatic nitrogens is 9. The van der Waals surface area contributed by atoms with Crippen molar-refractivity contribution in [1.82, 2.24) is 44.9 Å². The first kappa shape index (κ1) is 46.7. The number of unbranched alkanes of at least 4 members (excludes halogenated alkanes) is 18. The van der Waals surface area contributed by atoms with Crippen LogP contribution in [0, 0.1) is 0 Å². The summed E-state index contributed by atoms with van der Waals surface area (Å²) in [5.74, 6) is 5.30. The van der Waals surface area contributed by atoms with Crippen LogP contribution >= 0.6 is 11.6 Å². The molecule has 348 valence electrons. The molecule has 12 bridgehead atoms. The summed E-state index contributed by atoms with van der Waals surface area (Å²) in [6, 6.07) is 0. The maximum atomic E-state index is 6.57. The van der Waals surface area contributed by atoms with Crippen molar-refractivity contribution in [3.8, 4) is 0 Å². The van der Waals surface area contributed by atoms with Gasteiger partial charge < -0.3 is 40.0 Å². The molecule has 10 heterocycles. The largest absolute Gasteiger partial charge is 0.354 e. The van der Waals surface area contributed by atoms with Gasteiger partial charge >= 0.3 is 0 Å². The Morgan fingerprint density at radius 1 is 0.317 bits per heavy atom. The summed E-state index contributed by atoms with van der Waals surface area (Å²) in [4.78, 5) is 57.8. The van der Waals surface area contributed by atoms with Crippen molar-refractivity contribution >= 4 is 59.2 Å². The minimum absolute atomic E-state index is 0.206. The number of hydrogen-bond acceptors (Lipinski definition) is 17. The van der Waals surface area contributed by atoms with E-state index in [1.54, 1.807) is 0 Å². The highest BCUT2D eigenvalue weighted by Gasteiger charge is 2.29. The van der Waals surface area contributed by atoms with Gasteiger partial charge in [0.05, 0.1) is 0 Å². The predicted molar refractivity (Wildman–Crippen MR) is 258 cm³/mol. The average Bonchev–Trinajstić information content (AvgIpc) is 3.32. The molecule has 0 saturated carbocycles. The van der Waals surface area contributed by atoms with Crippen molar-refractivity contribution < 1.29 is 0 Å². The molecule has 0 unspecified atom stereocenters. The summed E-state index contributed by atoms with van der Waals surface area (Å²) >= 11 is 6.57. The second kappa shape index (κ2) is 25.3. The van der Waals surface area contributed by atoms with Crippen LogP contribution in [0.1, 0.15) is 142 Å². The van der Waals surface area contributed by atoms with Crippen LogP contribution < -0.4 is 40.0 Å². The van der Waals surface area contributed by atoms with Crippen LogP contribution in [0.25, 0.3) is 0 Å². The zero-order valence-corrected chi connectivity index (χ0v) is 39.4. The van der Waals surface area contributed by atoms with Gasteiger partial charge in [-0.2, -0.15) is 44.9 Å². The van der Waals surface area contributed by atoms with Crippen molar-refractivity contribution in [2.45, 2.75) is 142 Å². The van der Waals surface area contributed by atoms with E-state index in [9.17, 15) is 0 Å². The van der Waals surface area contributed by atoms with E-state index in [2.05, 4.69) is 63.8 Å². The Balaban J connectivity index is 1.03. The van der Waals surface area contributed by atoms with Crippen LogP contribution in [0.5, 0.6) is 0 Å². The van der Waals surface area contributed by atoms with Crippen LogP contribution in [0.2, 0.25) is 5.28 Å². The van der Waals surface area contributed by atoms with Gasteiger partial charge in [-0.3, -0.25) is 0 Å². The zero-order valence-electron chi connectivity index (χ0n) is 38.6. The standard InChI is InChI=1S/C45H76ClN17/c1-3-5-7-9-11-13-15-17-19-21-23-47-38-51-42-56-44(53-38)62-33-35-63(36-34-62)45-54-39(48-24-22-20-18-16-14-12-10-8-6-4-2)52-43(57-45)61-31-27-59(28-32-61)41-50-37(46)49-40(55-41)58-25-29-60(42)30-26-58/h3-36H2,1-2H3,(H,47,51,53,56)(H,48,52,54,57). The second-order valence-corrected chi connectivity index (χ2v) is 18.2. The van der Waals surface area contributed by atoms with Gasteiger partial charge in [0.1, 0.15) is 0 Å². The quantitative estimate of drug-likeness (QED) is 0.0837. The molecule has 3 saturated heterocycles. The number of piperazine rings is 3. The second-order valence-electron chi connectivity index (χ2n) is 17.9. The lowest BCUT2D eigenvalue weighted by Crippen LogP contribution is -2.49. The molecule has 0 aliphatic carbocycles. The average molecular weight is 891 g/mol. The Morgan fingerprint density at radius 2 is 0.540 bits per heavy atom. The Morgan fingerprint density at radius 3 is 0.794 bits per heavy atom. The first-order chi connectivity index (χ1) is 31.1. The van der Waals surface area contributed by atoms with E-state index < -0.39 is 0 Å². The van der Waals surface area contributed by atoms with Crippen molar-refractivity contribution in [2.24, 2.45) is 0 Å². The maximum Gasteiger partial charge on any atom is 0.232 e. The highest BCUT2D eigenvalue weighted by atomic mass is 35.5. The molecule has 3 aromatic heterocycles. The number of rotatable bonds is 24. The molecule has 0 amide bonds. The number of halogens is 1. The summed E-state index contributed by atoms with van der Waals surface area (Å²) in [7, 11) is 0. The normalized spacial score (nSPS) is 16.3. The van der Waals surface area contributed by atoms with E-state index in [4.69, 9.17) is 46.5 Å². The molecular weight excluding hydrogens is 814 g/mol. The van der Waals surface area contributed by atoms with Gasteiger partial charge in [-0.05, 0) is 24.4 Å². The number of anilines is 8. The molecule has 3 aromatic rings. The van der Waals surface area contributed by atoms with Gasteiger partial charge in [0.2, 0.25) is 52.9 Å². The first-order valence-electron chi connectivity index (χ1n) is 25.0. The van der Waals surface area contributed by atoms with E-state index in [-0.39, 0.29) is 5.28 Å². The minimum atomic E-state index is 0.206. The Labute approximate surface area is 382 Å². The molecular formula is C45H76ClN17. The van der Waals surface area contributed by atoms with Gasteiger partial charge in [-0.25, -0.2) is 0 Å². The third-order valence-electron chi connectivity index (χ3n) is 13.0. The molecule has 10 rings (SSSR count). The molecule has 7 aliphatic heterocycles. The fraction of sp³-hybridized carbons (Fsp3) is 0.800. The fourth-order valence-electron chi connectivity index (χ4n) is 8.99. The molecule has 0 radical (unpaired) electrons. The molecule has 17 nitrogen and oxygen atoms in total. The molecule has 18 heteroatoms. The number of nitrogens with zero attached hydrogens (tertiary/aromatic N) is 15. The van der Waals surface area contributed by atoms with Crippen LogP contribution in [0.3, 0.4) is 0 Å².